The molecule has 2 aromatic carbocycles. The van der Waals surface area contributed by atoms with Gasteiger partial charge in [-0.2, -0.15) is 0 Å². The third-order valence-electron chi connectivity index (χ3n) is 5.03. The van der Waals surface area contributed by atoms with E-state index in [-0.39, 0.29) is 11.3 Å². The first-order valence-corrected chi connectivity index (χ1v) is 11.4. The molecule has 0 unspecified atom stereocenters. The van der Waals surface area contributed by atoms with Crippen LogP contribution in [0.1, 0.15) is 18.4 Å². The highest BCUT2D eigenvalue weighted by Gasteiger charge is 2.23. The molecule has 1 aliphatic rings. The summed E-state index contributed by atoms with van der Waals surface area (Å²) >= 11 is 0. The van der Waals surface area contributed by atoms with Crippen LogP contribution in [0.5, 0.6) is 5.75 Å². The lowest BCUT2D eigenvalue weighted by Gasteiger charge is -2.16. The predicted octanol–water partition coefficient (Wildman–Crippen LogP) is 3.54. The van der Waals surface area contributed by atoms with Gasteiger partial charge < -0.3 is 9.30 Å². The molecule has 1 fully saturated rings. The highest BCUT2D eigenvalue weighted by atomic mass is 32.2. The molecule has 5 nitrogen and oxygen atoms in total. The van der Waals surface area contributed by atoms with Crippen LogP contribution in [0.4, 0.5) is 0 Å². The van der Waals surface area contributed by atoms with Gasteiger partial charge in [-0.3, -0.25) is 4.79 Å². The molecule has 0 amide bonds. The standard InChI is InChI=1S/C22H23NO4S/c1-23-12-20(17-5-3-4-6-18(17)22(23)24)19-11-16(14-28(2,25)26)9-10-21(19)27-13-15-7-8-15/h3-6,9-12,15H,7-8,13-14H2,1-2H3. The van der Waals surface area contributed by atoms with Crippen LogP contribution in [0.15, 0.2) is 53.5 Å². The third kappa shape index (κ3) is 3.97. The first kappa shape index (κ1) is 18.7. The fraction of sp³-hybridized carbons (Fsp3) is 0.318. The summed E-state index contributed by atoms with van der Waals surface area (Å²) in [5.74, 6) is 1.28. The van der Waals surface area contributed by atoms with Gasteiger partial charge in [0.2, 0.25) is 0 Å². The summed E-state index contributed by atoms with van der Waals surface area (Å²) in [5.41, 5.74) is 2.31. The van der Waals surface area contributed by atoms with Crippen molar-refractivity contribution >= 4 is 20.6 Å². The van der Waals surface area contributed by atoms with Crippen molar-refractivity contribution < 1.29 is 13.2 Å². The molecule has 0 aliphatic heterocycles. The molecule has 0 N–H and O–H groups in total. The monoisotopic (exact) mass is 397 g/mol. The van der Waals surface area contributed by atoms with Crippen molar-refractivity contribution in [2.75, 3.05) is 12.9 Å². The number of aryl methyl sites for hydroxylation is 1. The van der Waals surface area contributed by atoms with Crippen LogP contribution in [-0.2, 0) is 22.6 Å². The number of nitrogens with zero attached hydrogens (tertiary/aromatic N) is 1. The minimum Gasteiger partial charge on any atom is -0.493 e. The van der Waals surface area contributed by atoms with E-state index in [0.717, 1.165) is 16.5 Å². The summed E-state index contributed by atoms with van der Waals surface area (Å²) in [6.07, 6.45) is 5.40. The van der Waals surface area contributed by atoms with E-state index in [1.54, 1.807) is 23.9 Å². The number of hydrogen-bond acceptors (Lipinski definition) is 4. The molecule has 1 saturated carbocycles. The van der Waals surface area contributed by atoms with Gasteiger partial charge in [-0.25, -0.2) is 8.42 Å². The lowest BCUT2D eigenvalue weighted by Crippen LogP contribution is -2.16. The van der Waals surface area contributed by atoms with Gasteiger partial charge in [-0.05, 0) is 47.9 Å². The lowest BCUT2D eigenvalue weighted by atomic mass is 9.98. The zero-order valence-electron chi connectivity index (χ0n) is 16.0. The molecule has 0 saturated heterocycles. The molecule has 3 aromatic rings. The Labute approximate surface area is 164 Å². The Bertz CT molecular complexity index is 1210. The molecule has 146 valence electrons. The van der Waals surface area contributed by atoms with Crippen molar-refractivity contribution in [2.24, 2.45) is 13.0 Å². The van der Waals surface area contributed by atoms with Crippen molar-refractivity contribution in [1.29, 1.82) is 0 Å². The van der Waals surface area contributed by atoms with Crippen LogP contribution in [0.3, 0.4) is 0 Å². The second-order valence-corrected chi connectivity index (χ2v) is 9.80. The van der Waals surface area contributed by atoms with E-state index in [2.05, 4.69) is 0 Å². The molecule has 28 heavy (non-hydrogen) atoms. The number of sulfone groups is 1. The molecule has 1 aliphatic carbocycles. The van der Waals surface area contributed by atoms with Crippen LogP contribution < -0.4 is 10.3 Å². The van der Waals surface area contributed by atoms with E-state index in [0.29, 0.717) is 29.2 Å². The number of aromatic nitrogens is 1. The van der Waals surface area contributed by atoms with Crippen LogP contribution in [0.25, 0.3) is 21.9 Å². The zero-order valence-corrected chi connectivity index (χ0v) is 16.8. The van der Waals surface area contributed by atoms with E-state index in [1.165, 1.54) is 19.1 Å². The number of pyridine rings is 1. The van der Waals surface area contributed by atoms with Crippen molar-refractivity contribution in [3.63, 3.8) is 0 Å². The van der Waals surface area contributed by atoms with Crippen molar-refractivity contribution in [3.8, 4) is 16.9 Å². The van der Waals surface area contributed by atoms with Crippen molar-refractivity contribution in [3.05, 3.63) is 64.6 Å². The van der Waals surface area contributed by atoms with Crippen molar-refractivity contribution in [1.82, 2.24) is 4.57 Å². The van der Waals surface area contributed by atoms with Crippen molar-refractivity contribution in [2.45, 2.75) is 18.6 Å². The van der Waals surface area contributed by atoms with Gasteiger partial charge in [0.05, 0.1) is 12.4 Å². The van der Waals surface area contributed by atoms with E-state index >= 15 is 0 Å². The van der Waals surface area contributed by atoms with E-state index in [9.17, 15) is 13.2 Å². The summed E-state index contributed by atoms with van der Waals surface area (Å²) in [5, 5.41) is 1.46. The first-order valence-electron chi connectivity index (χ1n) is 9.34. The quantitative estimate of drug-likeness (QED) is 0.638. The van der Waals surface area contributed by atoms with Gasteiger partial charge in [-0.1, -0.05) is 24.3 Å². The van der Waals surface area contributed by atoms with Gasteiger partial charge >= 0.3 is 0 Å². The first-order chi connectivity index (χ1) is 13.3. The Morgan fingerprint density at radius 3 is 2.46 bits per heavy atom. The fourth-order valence-electron chi connectivity index (χ4n) is 3.43. The molecule has 1 aromatic heterocycles. The Hall–Kier alpha value is -2.60. The molecular weight excluding hydrogens is 374 g/mol. The number of fused-ring (bicyclic) bond motifs is 1. The van der Waals surface area contributed by atoms with Gasteiger partial charge in [0.15, 0.2) is 9.84 Å². The Morgan fingerprint density at radius 2 is 1.79 bits per heavy atom. The van der Waals surface area contributed by atoms with Gasteiger partial charge in [-0.15, -0.1) is 0 Å². The molecule has 0 radical (unpaired) electrons. The van der Waals surface area contributed by atoms with E-state index in [4.69, 9.17) is 4.74 Å². The van der Waals surface area contributed by atoms with Crippen LogP contribution in [-0.4, -0.2) is 25.8 Å². The summed E-state index contributed by atoms with van der Waals surface area (Å²) in [7, 11) is -1.43. The zero-order chi connectivity index (χ0) is 19.9. The number of hydrogen-bond donors (Lipinski definition) is 0. The SMILES string of the molecule is Cn1cc(-c2cc(CS(C)(=O)=O)ccc2OCC2CC2)c2ccccc2c1=O. The lowest BCUT2D eigenvalue weighted by molar-refractivity contribution is 0.301. The third-order valence-corrected chi connectivity index (χ3v) is 5.88. The normalized spacial score (nSPS) is 14.4. The maximum atomic E-state index is 12.5. The number of rotatable bonds is 6. The summed E-state index contributed by atoms with van der Waals surface area (Å²) in [6, 6.07) is 13.0. The average Bonchev–Trinajstić information content (AvgIpc) is 3.47. The highest BCUT2D eigenvalue weighted by molar-refractivity contribution is 7.89. The van der Waals surface area contributed by atoms with E-state index in [1.807, 2.05) is 36.4 Å². The molecular formula is C22H23NO4S. The molecule has 0 bridgehead atoms. The molecule has 1 heterocycles. The summed E-state index contributed by atoms with van der Waals surface area (Å²) in [4.78, 5) is 12.5. The second-order valence-electron chi connectivity index (χ2n) is 7.66. The maximum Gasteiger partial charge on any atom is 0.258 e. The molecule has 6 heteroatoms. The van der Waals surface area contributed by atoms with Gasteiger partial charge in [0, 0.05) is 36.0 Å². The maximum absolute atomic E-state index is 12.5. The number of ether oxygens (including phenoxy) is 1. The summed E-state index contributed by atoms with van der Waals surface area (Å²) < 4.78 is 31.2. The highest BCUT2D eigenvalue weighted by Crippen LogP contribution is 2.37. The predicted molar refractivity (Wildman–Crippen MR) is 111 cm³/mol. The smallest absolute Gasteiger partial charge is 0.258 e. The second kappa shape index (κ2) is 7.09. The summed E-state index contributed by atoms with van der Waals surface area (Å²) in [6.45, 7) is 0.655. The van der Waals surface area contributed by atoms with E-state index < -0.39 is 9.84 Å². The van der Waals surface area contributed by atoms with Crippen LogP contribution in [0.2, 0.25) is 0 Å². The Kier molecular flexibility index (Phi) is 4.75. The number of benzene rings is 2. The van der Waals surface area contributed by atoms with Crippen LogP contribution >= 0.6 is 0 Å². The average molecular weight is 397 g/mol. The van der Waals surface area contributed by atoms with Gasteiger partial charge in [0.25, 0.3) is 5.56 Å². The largest absolute Gasteiger partial charge is 0.493 e. The van der Waals surface area contributed by atoms with Gasteiger partial charge in [0.1, 0.15) is 5.75 Å². The topological polar surface area (TPSA) is 65.4 Å². The van der Waals surface area contributed by atoms with Crippen LogP contribution in [0, 0.1) is 5.92 Å². The minimum absolute atomic E-state index is 0.0351. The Balaban J connectivity index is 1.91. The minimum atomic E-state index is -3.16. The molecule has 4 rings (SSSR count). The Morgan fingerprint density at radius 1 is 1.07 bits per heavy atom. The molecule has 0 spiro atoms. The molecule has 0 atom stereocenters. The fourth-order valence-corrected chi connectivity index (χ4v) is 4.21.